The van der Waals surface area contributed by atoms with Crippen LogP contribution in [0.3, 0.4) is 0 Å². The molecule has 2 heterocycles. The molecule has 0 aliphatic carbocycles. The van der Waals surface area contributed by atoms with Gasteiger partial charge in [-0.15, -0.1) is 0 Å². The maximum Gasteiger partial charge on any atom is 0.116 e. The van der Waals surface area contributed by atoms with Gasteiger partial charge in [0.05, 0.1) is 5.52 Å². The summed E-state index contributed by atoms with van der Waals surface area (Å²) in [7, 11) is 1.72. The van der Waals surface area contributed by atoms with Crippen LogP contribution in [0.5, 0.6) is 5.75 Å². The van der Waals surface area contributed by atoms with Crippen molar-refractivity contribution in [2.75, 3.05) is 13.7 Å². The van der Waals surface area contributed by atoms with Crippen molar-refractivity contribution in [3.05, 3.63) is 65.9 Å². The van der Waals surface area contributed by atoms with Crippen LogP contribution in [-0.2, 0) is 11.3 Å². The topological polar surface area (TPSA) is 50.2 Å². The number of phenols is 1. The van der Waals surface area contributed by atoms with Crippen molar-refractivity contribution in [2.24, 2.45) is 0 Å². The van der Waals surface area contributed by atoms with Gasteiger partial charge < -0.3 is 19.4 Å². The molecule has 0 saturated carbocycles. The highest BCUT2D eigenvalue weighted by Crippen LogP contribution is 2.42. The van der Waals surface area contributed by atoms with Crippen molar-refractivity contribution < 1.29 is 9.84 Å². The van der Waals surface area contributed by atoms with Gasteiger partial charge in [-0.3, -0.25) is 0 Å². The minimum atomic E-state index is 0.271. The van der Waals surface area contributed by atoms with Gasteiger partial charge in [0, 0.05) is 70.3 Å². The molecule has 2 aromatic heterocycles. The van der Waals surface area contributed by atoms with Crippen LogP contribution in [0.4, 0.5) is 0 Å². The van der Waals surface area contributed by atoms with Crippen LogP contribution >= 0.6 is 11.6 Å². The molecule has 5 aromatic rings. The van der Waals surface area contributed by atoms with Gasteiger partial charge in [-0.2, -0.15) is 0 Å². The number of hydrogen-bond donors (Lipinski definition) is 2. The molecule has 0 aliphatic heterocycles. The Morgan fingerprint density at radius 1 is 0.966 bits per heavy atom. The lowest BCUT2D eigenvalue weighted by Gasteiger charge is -2.11. The summed E-state index contributed by atoms with van der Waals surface area (Å²) in [5.41, 5.74) is 4.34. The number of aromatic amines is 1. The van der Waals surface area contributed by atoms with E-state index in [4.69, 9.17) is 16.3 Å². The van der Waals surface area contributed by atoms with Gasteiger partial charge in [-0.25, -0.2) is 0 Å². The molecular formula is C24H21ClN2O2. The van der Waals surface area contributed by atoms with Gasteiger partial charge in [0.1, 0.15) is 5.75 Å². The highest BCUT2D eigenvalue weighted by Gasteiger charge is 2.18. The van der Waals surface area contributed by atoms with E-state index in [0.717, 1.165) is 61.7 Å². The molecule has 5 heteroatoms. The molecule has 0 saturated heterocycles. The first-order chi connectivity index (χ1) is 14.2. The minimum absolute atomic E-state index is 0.271. The molecular weight excluding hydrogens is 384 g/mol. The third-order valence-electron chi connectivity index (χ3n) is 5.57. The van der Waals surface area contributed by atoms with Crippen molar-refractivity contribution >= 4 is 44.2 Å². The Balaban J connectivity index is 1.90. The lowest BCUT2D eigenvalue weighted by molar-refractivity contribution is 0.191. The van der Waals surface area contributed by atoms with E-state index in [0.29, 0.717) is 6.61 Å². The number of nitrogens with one attached hydrogen (secondary N) is 1. The second-order valence-corrected chi connectivity index (χ2v) is 7.69. The molecule has 0 unspecified atom stereocenters. The predicted molar refractivity (Wildman–Crippen MR) is 120 cm³/mol. The fourth-order valence-electron chi connectivity index (χ4n) is 4.31. The fourth-order valence-corrected chi connectivity index (χ4v) is 4.55. The van der Waals surface area contributed by atoms with Crippen molar-refractivity contribution in [2.45, 2.75) is 13.0 Å². The van der Waals surface area contributed by atoms with E-state index in [-0.39, 0.29) is 5.75 Å². The Bertz CT molecular complexity index is 1350. The monoisotopic (exact) mass is 404 g/mol. The Labute approximate surface area is 173 Å². The summed E-state index contributed by atoms with van der Waals surface area (Å²) >= 11 is 6.55. The molecule has 0 atom stereocenters. The zero-order chi connectivity index (χ0) is 20.0. The van der Waals surface area contributed by atoms with E-state index >= 15 is 0 Å². The lowest BCUT2D eigenvalue weighted by Crippen LogP contribution is -2.01. The number of nitrogens with zero attached hydrogens (tertiary/aromatic N) is 1. The molecule has 3 aromatic carbocycles. The molecule has 4 nitrogen and oxygen atoms in total. The van der Waals surface area contributed by atoms with Crippen molar-refractivity contribution in [3.63, 3.8) is 0 Å². The third kappa shape index (κ3) is 2.87. The number of H-pyrrole nitrogens is 1. The molecule has 146 valence electrons. The van der Waals surface area contributed by atoms with Crippen LogP contribution in [0, 0.1) is 0 Å². The first-order valence-electron chi connectivity index (χ1n) is 9.67. The van der Waals surface area contributed by atoms with Crippen molar-refractivity contribution in [1.82, 2.24) is 9.55 Å². The van der Waals surface area contributed by atoms with Gasteiger partial charge in [0.25, 0.3) is 0 Å². The number of aromatic nitrogens is 2. The molecule has 0 amide bonds. The Kier molecular flexibility index (Phi) is 4.46. The summed E-state index contributed by atoms with van der Waals surface area (Å²) in [6.45, 7) is 1.53. The van der Waals surface area contributed by atoms with Gasteiger partial charge >= 0.3 is 0 Å². The normalized spacial score (nSPS) is 11.8. The van der Waals surface area contributed by atoms with Crippen LogP contribution in [0.2, 0.25) is 5.02 Å². The summed E-state index contributed by atoms with van der Waals surface area (Å²) in [5.74, 6) is 0.271. The summed E-state index contributed by atoms with van der Waals surface area (Å²) in [5, 5.41) is 15.3. The summed E-state index contributed by atoms with van der Waals surface area (Å²) in [4.78, 5) is 3.27. The van der Waals surface area contributed by atoms with Crippen molar-refractivity contribution in [1.29, 1.82) is 0 Å². The zero-order valence-corrected chi connectivity index (χ0v) is 16.8. The maximum absolute atomic E-state index is 10.2. The Morgan fingerprint density at radius 2 is 1.79 bits per heavy atom. The number of halogens is 1. The number of aromatic hydroxyl groups is 1. The number of methoxy groups -OCH3 is 1. The molecule has 5 rings (SSSR count). The van der Waals surface area contributed by atoms with Gasteiger partial charge in [0.15, 0.2) is 0 Å². The number of aryl methyl sites for hydroxylation is 1. The van der Waals surface area contributed by atoms with E-state index in [9.17, 15) is 5.11 Å². The molecule has 0 spiro atoms. The molecule has 0 aliphatic rings. The molecule has 0 radical (unpaired) electrons. The van der Waals surface area contributed by atoms with Crippen LogP contribution < -0.4 is 0 Å². The Hall–Kier alpha value is -2.95. The van der Waals surface area contributed by atoms with E-state index in [1.54, 1.807) is 13.2 Å². The van der Waals surface area contributed by atoms with Gasteiger partial charge in [-0.05, 0) is 42.3 Å². The molecule has 2 N–H and O–H groups in total. The largest absolute Gasteiger partial charge is 0.508 e. The van der Waals surface area contributed by atoms with E-state index in [1.807, 2.05) is 42.7 Å². The first-order valence-corrected chi connectivity index (χ1v) is 10.0. The predicted octanol–water partition coefficient (Wildman–Crippen LogP) is 6.34. The zero-order valence-electron chi connectivity index (χ0n) is 16.1. The summed E-state index contributed by atoms with van der Waals surface area (Å²) in [6.07, 6.45) is 4.95. The number of rotatable bonds is 5. The standard InChI is InChI=1S/C24H21ClN2O2/c1-29-10-4-9-27-22-8-7-15(28)11-18(22)24-20-14-26-13-19(20)17(12-23(24)27)16-5-2-3-6-21(16)25/h2-3,5-8,11-14,26,28H,4,9-10H2,1H3. The van der Waals surface area contributed by atoms with Crippen LogP contribution in [0.15, 0.2) is 60.9 Å². The first kappa shape index (κ1) is 18.1. The molecule has 0 fully saturated rings. The molecule has 29 heavy (non-hydrogen) atoms. The highest BCUT2D eigenvalue weighted by molar-refractivity contribution is 6.34. The number of fused-ring (bicyclic) bond motifs is 5. The van der Waals surface area contributed by atoms with Crippen LogP contribution in [0.1, 0.15) is 6.42 Å². The third-order valence-corrected chi connectivity index (χ3v) is 5.90. The number of hydrogen-bond acceptors (Lipinski definition) is 2. The van der Waals surface area contributed by atoms with Crippen LogP contribution in [0.25, 0.3) is 43.7 Å². The smallest absolute Gasteiger partial charge is 0.116 e. The lowest BCUT2D eigenvalue weighted by atomic mass is 9.97. The van der Waals surface area contributed by atoms with Crippen LogP contribution in [-0.4, -0.2) is 28.4 Å². The highest BCUT2D eigenvalue weighted by atomic mass is 35.5. The number of ether oxygens (including phenoxy) is 1. The summed E-state index contributed by atoms with van der Waals surface area (Å²) < 4.78 is 7.59. The number of phenolic OH excluding ortho intramolecular Hbond substituents is 1. The average Bonchev–Trinajstić information content (AvgIpc) is 3.31. The SMILES string of the molecule is COCCCn1c2ccc(O)cc2c2c3c[nH]cc3c(-c3ccccc3Cl)cc21. The fraction of sp³-hybridized carbons (Fsp3) is 0.167. The Morgan fingerprint density at radius 3 is 2.62 bits per heavy atom. The number of benzene rings is 3. The average molecular weight is 405 g/mol. The van der Waals surface area contributed by atoms with E-state index in [1.165, 1.54) is 0 Å². The van der Waals surface area contributed by atoms with E-state index in [2.05, 4.69) is 21.7 Å². The van der Waals surface area contributed by atoms with Gasteiger partial charge in [0.2, 0.25) is 0 Å². The summed E-state index contributed by atoms with van der Waals surface area (Å²) in [6, 6.07) is 15.7. The molecule has 0 bridgehead atoms. The van der Waals surface area contributed by atoms with E-state index < -0.39 is 0 Å². The minimum Gasteiger partial charge on any atom is -0.508 e. The quantitative estimate of drug-likeness (QED) is 0.336. The maximum atomic E-state index is 10.2. The second-order valence-electron chi connectivity index (χ2n) is 7.28. The second kappa shape index (κ2) is 7.14. The van der Waals surface area contributed by atoms with Crippen molar-refractivity contribution in [3.8, 4) is 16.9 Å². The van der Waals surface area contributed by atoms with Gasteiger partial charge in [-0.1, -0.05) is 29.8 Å².